The van der Waals surface area contributed by atoms with E-state index in [2.05, 4.69) is 0 Å². The fourth-order valence-electron chi connectivity index (χ4n) is 1.02. The number of hydrogen-bond donors (Lipinski definition) is 1. The molecule has 2 nitrogen and oxygen atoms in total. The molecule has 0 unspecified atom stereocenters. The first kappa shape index (κ1) is 12.3. The minimum atomic E-state index is -4.57. The SMILES string of the molecule is CC(=O)c1cc(O)c(I)c(C(F)(F)F)c1. The smallest absolute Gasteiger partial charge is 0.417 e. The van der Waals surface area contributed by atoms with Gasteiger partial charge < -0.3 is 5.11 Å². The standard InChI is InChI=1S/C9H6F3IO2/c1-4(14)5-2-6(9(10,11)12)8(13)7(15)3-5/h2-3,15H,1H3. The fraction of sp³-hybridized carbons (Fsp3) is 0.222. The molecule has 0 bridgehead atoms. The van der Waals surface area contributed by atoms with Gasteiger partial charge in [0.2, 0.25) is 0 Å². The van der Waals surface area contributed by atoms with Crippen molar-refractivity contribution in [3.63, 3.8) is 0 Å². The minimum absolute atomic E-state index is 0.153. The summed E-state index contributed by atoms with van der Waals surface area (Å²) in [5.74, 6) is -1.05. The number of phenolic OH excluding ortho intramolecular Hbond substituents is 1. The molecular formula is C9H6F3IO2. The second-order valence-corrected chi connectivity index (χ2v) is 3.99. The van der Waals surface area contributed by atoms with Crippen LogP contribution >= 0.6 is 22.6 Å². The highest BCUT2D eigenvalue weighted by molar-refractivity contribution is 14.1. The topological polar surface area (TPSA) is 37.3 Å². The number of rotatable bonds is 1. The Bertz CT molecular complexity index is 413. The van der Waals surface area contributed by atoms with Crippen LogP contribution in [0, 0.1) is 3.57 Å². The molecule has 0 aromatic heterocycles. The van der Waals surface area contributed by atoms with Crippen LogP contribution in [-0.4, -0.2) is 10.9 Å². The van der Waals surface area contributed by atoms with Crippen molar-refractivity contribution >= 4 is 28.4 Å². The van der Waals surface area contributed by atoms with Crippen molar-refractivity contribution in [3.05, 3.63) is 26.8 Å². The van der Waals surface area contributed by atoms with Crippen LogP contribution in [0.15, 0.2) is 12.1 Å². The Morgan fingerprint density at radius 2 is 1.93 bits per heavy atom. The lowest BCUT2D eigenvalue weighted by Crippen LogP contribution is -2.09. The molecular weight excluding hydrogens is 324 g/mol. The fourth-order valence-corrected chi connectivity index (χ4v) is 1.64. The third-order valence-electron chi connectivity index (χ3n) is 1.77. The molecule has 0 aliphatic heterocycles. The maximum atomic E-state index is 12.4. The number of ketones is 1. The Balaban J connectivity index is 3.45. The van der Waals surface area contributed by atoms with Gasteiger partial charge in [-0.3, -0.25) is 4.79 Å². The van der Waals surface area contributed by atoms with Crippen LogP contribution in [0.5, 0.6) is 5.75 Å². The number of Topliss-reactive ketones (excluding diaryl/α,β-unsaturated/α-hetero) is 1. The zero-order chi connectivity index (χ0) is 11.8. The van der Waals surface area contributed by atoms with E-state index >= 15 is 0 Å². The average molecular weight is 330 g/mol. The van der Waals surface area contributed by atoms with Gasteiger partial charge in [0, 0.05) is 5.56 Å². The normalized spacial score (nSPS) is 11.5. The summed E-state index contributed by atoms with van der Waals surface area (Å²) in [6.07, 6.45) is -4.57. The Kier molecular flexibility index (Phi) is 3.27. The number of alkyl halides is 3. The van der Waals surface area contributed by atoms with Gasteiger partial charge in [-0.05, 0) is 41.6 Å². The number of phenols is 1. The molecule has 0 heterocycles. The third kappa shape index (κ3) is 2.61. The molecule has 0 fully saturated rings. The number of carbonyl (C=O) groups is 1. The summed E-state index contributed by atoms with van der Waals surface area (Å²) in [6, 6.07) is 1.77. The minimum Gasteiger partial charge on any atom is -0.507 e. The summed E-state index contributed by atoms with van der Waals surface area (Å²) >= 11 is 1.39. The highest BCUT2D eigenvalue weighted by Crippen LogP contribution is 2.37. The predicted octanol–water partition coefficient (Wildman–Crippen LogP) is 3.22. The average Bonchev–Trinajstić information content (AvgIpc) is 2.06. The summed E-state index contributed by atoms with van der Waals surface area (Å²) < 4.78 is 37.0. The molecule has 82 valence electrons. The number of carbonyl (C=O) groups excluding carboxylic acids is 1. The number of halogens is 4. The number of hydrogen-bond acceptors (Lipinski definition) is 2. The van der Waals surface area contributed by atoms with Gasteiger partial charge in [0.15, 0.2) is 5.78 Å². The Hall–Kier alpha value is -0.790. The van der Waals surface area contributed by atoms with Crippen molar-refractivity contribution in [1.82, 2.24) is 0 Å². The van der Waals surface area contributed by atoms with Crippen molar-refractivity contribution in [2.24, 2.45) is 0 Å². The second-order valence-electron chi connectivity index (χ2n) is 2.91. The summed E-state index contributed by atoms with van der Waals surface area (Å²) in [7, 11) is 0. The first-order chi connectivity index (χ1) is 6.73. The van der Waals surface area contributed by atoms with E-state index < -0.39 is 23.3 Å². The van der Waals surface area contributed by atoms with Gasteiger partial charge in [0.1, 0.15) is 5.75 Å². The molecule has 6 heteroatoms. The highest BCUT2D eigenvalue weighted by Gasteiger charge is 2.34. The monoisotopic (exact) mass is 330 g/mol. The number of aromatic hydroxyl groups is 1. The van der Waals surface area contributed by atoms with Crippen LogP contribution in [0.25, 0.3) is 0 Å². The molecule has 15 heavy (non-hydrogen) atoms. The van der Waals surface area contributed by atoms with E-state index in [1.807, 2.05) is 0 Å². The van der Waals surface area contributed by atoms with Crippen molar-refractivity contribution < 1.29 is 23.1 Å². The van der Waals surface area contributed by atoms with Gasteiger partial charge >= 0.3 is 6.18 Å². The van der Waals surface area contributed by atoms with Crippen LogP contribution in [0.2, 0.25) is 0 Å². The maximum absolute atomic E-state index is 12.4. The summed E-state index contributed by atoms with van der Waals surface area (Å²) in [6.45, 7) is 1.14. The van der Waals surface area contributed by atoms with Crippen LogP contribution in [0.1, 0.15) is 22.8 Å². The van der Waals surface area contributed by atoms with E-state index in [0.717, 1.165) is 19.1 Å². The van der Waals surface area contributed by atoms with E-state index in [-0.39, 0.29) is 9.13 Å². The summed E-state index contributed by atoms with van der Waals surface area (Å²) in [4.78, 5) is 10.9. The molecule has 1 aromatic carbocycles. The zero-order valence-corrected chi connectivity index (χ0v) is 9.68. The highest BCUT2D eigenvalue weighted by atomic mass is 127. The Morgan fingerprint density at radius 1 is 1.40 bits per heavy atom. The van der Waals surface area contributed by atoms with Crippen molar-refractivity contribution in [2.45, 2.75) is 13.1 Å². The van der Waals surface area contributed by atoms with Crippen LogP contribution in [-0.2, 0) is 6.18 Å². The molecule has 0 amide bonds. The lowest BCUT2D eigenvalue weighted by atomic mass is 10.1. The van der Waals surface area contributed by atoms with E-state index in [1.54, 1.807) is 0 Å². The van der Waals surface area contributed by atoms with Gasteiger partial charge in [0.05, 0.1) is 9.13 Å². The molecule has 0 atom stereocenters. The molecule has 0 aliphatic carbocycles. The molecule has 1 aromatic rings. The van der Waals surface area contributed by atoms with Gasteiger partial charge in [-0.1, -0.05) is 0 Å². The van der Waals surface area contributed by atoms with Gasteiger partial charge in [0.25, 0.3) is 0 Å². The van der Waals surface area contributed by atoms with Gasteiger partial charge in [-0.25, -0.2) is 0 Å². The lowest BCUT2D eigenvalue weighted by Gasteiger charge is -2.11. The van der Waals surface area contributed by atoms with Gasteiger partial charge in [-0.15, -0.1) is 0 Å². The van der Waals surface area contributed by atoms with Crippen LogP contribution < -0.4 is 0 Å². The third-order valence-corrected chi connectivity index (χ3v) is 2.90. The molecule has 0 saturated carbocycles. The van der Waals surface area contributed by atoms with Gasteiger partial charge in [-0.2, -0.15) is 13.2 Å². The first-order valence-corrected chi connectivity index (χ1v) is 4.92. The number of benzene rings is 1. The summed E-state index contributed by atoms with van der Waals surface area (Å²) in [5.41, 5.74) is -1.14. The van der Waals surface area contributed by atoms with Crippen molar-refractivity contribution in [3.8, 4) is 5.75 Å². The molecule has 0 aliphatic rings. The summed E-state index contributed by atoms with van der Waals surface area (Å²) in [5, 5.41) is 9.23. The van der Waals surface area contributed by atoms with E-state index in [1.165, 1.54) is 22.6 Å². The van der Waals surface area contributed by atoms with Crippen LogP contribution in [0.3, 0.4) is 0 Å². The molecule has 0 saturated heterocycles. The van der Waals surface area contributed by atoms with E-state index in [0.29, 0.717) is 0 Å². The maximum Gasteiger partial charge on any atom is 0.417 e. The predicted molar refractivity (Wildman–Crippen MR) is 55.8 cm³/mol. The largest absolute Gasteiger partial charge is 0.507 e. The Labute approximate surface area is 97.2 Å². The molecule has 0 spiro atoms. The quantitative estimate of drug-likeness (QED) is 0.634. The Morgan fingerprint density at radius 3 is 2.33 bits per heavy atom. The molecule has 1 N–H and O–H groups in total. The van der Waals surface area contributed by atoms with E-state index in [4.69, 9.17) is 0 Å². The van der Waals surface area contributed by atoms with E-state index in [9.17, 15) is 23.1 Å². The first-order valence-electron chi connectivity index (χ1n) is 3.84. The zero-order valence-electron chi connectivity index (χ0n) is 7.52. The van der Waals surface area contributed by atoms with Crippen molar-refractivity contribution in [2.75, 3.05) is 0 Å². The van der Waals surface area contributed by atoms with Crippen molar-refractivity contribution in [1.29, 1.82) is 0 Å². The lowest BCUT2D eigenvalue weighted by molar-refractivity contribution is -0.138. The molecule has 1 rings (SSSR count). The molecule has 0 radical (unpaired) electrons. The van der Waals surface area contributed by atoms with Crippen LogP contribution in [0.4, 0.5) is 13.2 Å². The second kappa shape index (κ2) is 3.99.